The van der Waals surface area contributed by atoms with Crippen molar-refractivity contribution < 1.29 is 0 Å². The van der Waals surface area contributed by atoms with E-state index in [1.54, 1.807) is 0 Å². The molecular formula is C58H34N2S. The van der Waals surface area contributed by atoms with Crippen LogP contribution < -0.4 is 0 Å². The minimum absolute atomic E-state index is 1.16. The molecule has 0 aliphatic heterocycles. The molecule has 0 N–H and O–H groups in total. The first kappa shape index (κ1) is 33.1. The summed E-state index contributed by atoms with van der Waals surface area (Å²) in [6.45, 7) is 0. The van der Waals surface area contributed by atoms with Crippen LogP contribution in [-0.2, 0) is 0 Å². The van der Waals surface area contributed by atoms with Gasteiger partial charge in [0, 0.05) is 53.1 Å². The fourth-order valence-corrected chi connectivity index (χ4v) is 11.7. The molecule has 0 radical (unpaired) electrons. The van der Waals surface area contributed by atoms with Gasteiger partial charge in [-0.25, -0.2) is 0 Å². The molecule has 0 saturated heterocycles. The number of fused-ring (bicyclic) bond motifs is 13. The van der Waals surface area contributed by atoms with Crippen LogP contribution in [0.3, 0.4) is 0 Å². The minimum atomic E-state index is 1.16. The number of benzene rings is 10. The Morgan fingerprint density at radius 2 is 0.852 bits per heavy atom. The Labute approximate surface area is 355 Å². The third-order valence-corrected chi connectivity index (χ3v) is 14.4. The van der Waals surface area contributed by atoms with E-state index in [1.807, 2.05) is 11.3 Å². The van der Waals surface area contributed by atoms with Crippen LogP contribution in [0.4, 0.5) is 0 Å². The van der Waals surface area contributed by atoms with Gasteiger partial charge >= 0.3 is 0 Å². The Morgan fingerprint density at radius 3 is 1.72 bits per heavy atom. The van der Waals surface area contributed by atoms with Crippen molar-refractivity contribution in [1.29, 1.82) is 0 Å². The van der Waals surface area contributed by atoms with E-state index < -0.39 is 0 Å². The molecule has 1 aliphatic rings. The number of nitrogens with zero attached hydrogens (tertiary/aromatic N) is 2. The Balaban J connectivity index is 1.000. The molecule has 0 amide bonds. The molecule has 13 aromatic rings. The molecular weight excluding hydrogens is 757 g/mol. The quantitative estimate of drug-likeness (QED) is 0.168. The van der Waals surface area contributed by atoms with Crippen molar-refractivity contribution in [2.75, 3.05) is 0 Å². The number of thiophene rings is 1. The number of hydrogen-bond acceptors (Lipinski definition) is 1. The molecule has 61 heavy (non-hydrogen) atoms. The number of aromatic nitrogens is 2. The second kappa shape index (κ2) is 12.4. The standard InChI is InChI=1S/C58H34N2S/c1-2-12-35(13-3-1)36-14-10-15-39(30-36)60-53-29-25-38(32-50(53)58-47-21-11-20-46-41-16-4-5-17-42(41)49(57(46)47)34-54(58)60)37-24-28-52-48(31-37)43-18-6-8-22-51(43)59(52)40-26-27-45-44-19-7-9-23-55(44)61-56(45)33-40/h1-34H. The van der Waals surface area contributed by atoms with Crippen LogP contribution in [0.2, 0.25) is 0 Å². The van der Waals surface area contributed by atoms with Gasteiger partial charge in [-0.15, -0.1) is 11.3 Å². The lowest BCUT2D eigenvalue weighted by molar-refractivity contribution is 1.18. The van der Waals surface area contributed by atoms with Gasteiger partial charge in [0.05, 0.1) is 22.1 Å². The Bertz CT molecular complexity index is 3990. The second-order valence-corrected chi connectivity index (χ2v) is 17.5. The van der Waals surface area contributed by atoms with Crippen molar-refractivity contribution in [2.45, 2.75) is 0 Å². The summed E-state index contributed by atoms with van der Waals surface area (Å²) in [5, 5.41) is 10.4. The summed E-state index contributed by atoms with van der Waals surface area (Å²) in [6, 6.07) is 76.7. The summed E-state index contributed by atoms with van der Waals surface area (Å²) in [5.41, 5.74) is 17.3. The van der Waals surface area contributed by atoms with Crippen LogP contribution in [-0.4, -0.2) is 9.13 Å². The van der Waals surface area contributed by atoms with Crippen molar-refractivity contribution in [3.05, 3.63) is 206 Å². The molecule has 0 unspecified atom stereocenters. The van der Waals surface area contributed by atoms with E-state index in [0.29, 0.717) is 0 Å². The van der Waals surface area contributed by atoms with E-state index in [9.17, 15) is 0 Å². The fourth-order valence-electron chi connectivity index (χ4n) is 10.6. The third kappa shape index (κ3) is 4.67. The van der Waals surface area contributed by atoms with Crippen molar-refractivity contribution in [1.82, 2.24) is 9.13 Å². The minimum Gasteiger partial charge on any atom is -0.309 e. The van der Waals surface area contributed by atoms with Gasteiger partial charge in [-0.05, 0) is 122 Å². The highest BCUT2D eigenvalue weighted by Crippen LogP contribution is 2.51. The molecule has 3 heterocycles. The summed E-state index contributed by atoms with van der Waals surface area (Å²) in [4.78, 5) is 0. The monoisotopic (exact) mass is 790 g/mol. The van der Waals surface area contributed by atoms with E-state index >= 15 is 0 Å². The van der Waals surface area contributed by atoms with Gasteiger partial charge in [0.25, 0.3) is 0 Å². The predicted octanol–water partition coefficient (Wildman–Crippen LogP) is 16.4. The molecule has 14 rings (SSSR count). The van der Waals surface area contributed by atoms with Crippen LogP contribution in [0, 0.1) is 0 Å². The van der Waals surface area contributed by atoms with Gasteiger partial charge in [-0.1, -0.05) is 140 Å². The molecule has 1 aliphatic carbocycles. The third-order valence-electron chi connectivity index (χ3n) is 13.2. The van der Waals surface area contributed by atoms with E-state index in [4.69, 9.17) is 0 Å². The van der Waals surface area contributed by atoms with Gasteiger partial charge < -0.3 is 9.13 Å². The molecule has 3 aromatic heterocycles. The Kier molecular flexibility index (Phi) is 6.74. The van der Waals surface area contributed by atoms with E-state index in [2.05, 4.69) is 215 Å². The summed E-state index contributed by atoms with van der Waals surface area (Å²) in [7, 11) is 0. The van der Waals surface area contributed by atoms with Crippen LogP contribution in [0.15, 0.2) is 206 Å². The first-order chi connectivity index (χ1) is 30.2. The molecule has 0 spiro atoms. The average Bonchev–Trinajstić information content (AvgIpc) is 4.06. The zero-order chi connectivity index (χ0) is 39.8. The van der Waals surface area contributed by atoms with Crippen LogP contribution in [0.1, 0.15) is 0 Å². The van der Waals surface area contributed by atoms with E-state index in [1.165, 1.54) is 125 Å². The Morgan fingerprint density at radius 1 is 0.262 bits per heavy atom. The molecule has 0 bridgehead atoms. The normalized spacial score (nSPS) is 12.3. The second-order valence-electron chi connectivity index (χ2n) is 16.4. The lowest BCUT2D eigenvalue weighted by Gasteiger charge is -2.12. The predicted molar refractivity (Wildman–Crippen MR) is 261 cm³/mol. The largest absolute Gasteiger partial charge is 0.309 e. The molecule has 282 valence electrons. The van der Waals surface area contributed by atoms with Crippen molar-refractivity contribution >= 4 is 85.9 Å². The maximum atomic E-state index is 2.49. The molecule has 2 nitrogen and oxygen atoms in total. The van der Waals surface area contributed by atoms with Gasteiger partial charge in [0.2, 0.25) is 0 Å². The van der Waals surface area contributed by atoms with Crippen molar-refractivity contribution in [3.8, 4) is 55.9 Å². The summed E-state index contributed by atoms with van der Waals surface area (Å²) >= 11 is 1.87. The zero-order valence-electron chi connectivity index (χ0n) is 32.9. The van der Waals surface area contributed by atoms with E-state index in [-0.39, 0.29) is 0 Å². The smallest absolute Gasteiger partial charge is 0.0553 e. The van der Waals surface area contributed by atoms with Gasteiger partial charge in [-0.3, -0.25) is 0 Å². The van der Waals surface area contributed by atoms with Crippen LogP contribution >= 0.6 is 11.3 Å². The number of hydrogen-bond donors (Lipinski definition) is 0. The highest BCUT2D eigenvalue weighted by atomic mass is 32.1. The van der Waals surface area contributed by atoms with Gasteiger partial charge in [0.1, 0.15) is 0 Å². The average molecular weight is 791 g/mol. The molecule has 0 saturated carbocycles. The van der Waals surface area contributed by atoms with Crippen LogP contribution in [0.5, 0.6) is 0 Å². The topological polar surface area (TPSA) is 9.86 Å². The first-order valence-electron chi connectivity index (χ1n) is 21.0. The Hall–Kier alpha value is -7.72. The maximum Gasteiger partial charge on any atom is 0.0553 e. The zero-order valence-corrected chi connectivity index (χ0v) is 33.7. The molecule has 3 heteroatoms. The number of rotatable bonds is 4. The SMILES string of the molecule is c1ccc(-c2cccc(-n3c4ccc(-c5ccc6c(c5)c5ccccc5n6-c5ccc6c(c5)sc5ccccc56)cc4c4c5cccc6c5c(cc43)-c3ccccc3-6)c2)cc1. The molecule has 0 atom stereocenters. The lowest BCUT2D eigenvalue weighted by atomic mass is 9.96. The lowest BCUT2D eigenvalue weighted by Crippen LogP contribution is -1.95. The molecule has 0 fully saturated rings. The van der Waals surface area contributed by atoms with Crippen LogP contribution in [0.25, 0.3) is 130 Å². The summed E-state index contributed by atoms with van der Waals surface area (Å²) in [6.07, 6.45) is 0. The highest BCUT2D eigenvalue weighted by molar-refractivity contribution is 7.25. The fraction of sp³-hybridized carbons (Fsp3) is 0. The van der Waals surface area contributed by atoms with Gasteiger partial charge in [0.15, 0.2) is 0 Å². The molecule has 10 aromatic carbocycles. The summed E-state index contributed by atoms with van der Waals surface area (Å²) < 4.78 is 7.58. The number of para-hydroxylation sites is 1. The van der Waals surface area contributed by atoms with Gasteiger partial charge in [-0.2, -0.15) is 0 Å². The van der Waals surface area contributed by atoms with E-state index in [0.717, 1.165) is 5.69 Å². The first-order valence-corrected chi connectivity index (χ1v) is 21.8. The summed E-state index contributed by atoms with van der Waals surface area (Å²) in [5.74, 6) is 0. The maximum absolute atomic E-state index is 2.49. The highest BCUT2D eigenvalue weighted by Gasteiger charge is 2.26. The van der Waals surface area contributed by atoms with Crippen molar-refractivity contribution in [3.63, 3.8) is 0 Å². The van der Waals surface area contributed by atoms with Crippen molar-refractivity contribution in [2.24, 2.45) is 0 Å².